The maximum absolute atomic E-state index is 12.9. The molecule has 0 atom stereocenters. The van der Waals surface area contributed by atoms with Crippen molar-refractivity contribution in [1.29, 1.82) is 0 Å². The number of nitrogens with two attached hydrogens (primary N) is 1. The zero-order valence-electron chi connectivity index (χ0n) is 11.6. The number of aromatic nitrogens is 2. The van der Waals surface area contributed by atoms with Gasteiger partial charge in [-0.25, -0.2) is 4.98 Å². The van der Waals surface area contributed by atoms with E-state index in [0.717, 1.165) is 18.6 Å². The highest BCUT2D eigenvalue weighted by molar-refractivity contribution is 5.98. The smallest absolute Gasteiger partial charge is 0.366 e. The van der Waals surface area contributed by atoms with Crippen LogP contribution in [0.15, 0.2) is 30.6 Å². The van der Waals surface area contributed by atoms with E-state index < -0.39 is 29.1 Å². The molecule has 0 saturated carbocycles. The van der Waals surface area contributed by atoms with Crippen LogP contribution in [0.25, 0.3) is 0 Å². The first kappa shape index (κ1) is 16.5. The highest BCUT2D eigenvalue weighted by Gasteiger charge is 2.35. The number of imidazole rings is 1. The second-order valence-electron chi connectivity index (χ2n) is 4.54. The third kappa shape index (κ3) is 4.09. The number of alkyl halides is 3. The maximum atomic E-state index is 12.9. The third-order valence-corrected chi connectivity index (χ3v) is 2.95. The van der Waals surface area contributed by atoms with Gasteiger partial charge in [-0.05, 0) is 18.1 Å². The van der Waals surface area contributed by atoms with E-state index in [1.807, 2.05) is 0 Å². The number of carbonyl (C=O) groups is 2. The molecular weight excluding hydrogens is 313 g/mol. The molecule has 0 saturated heterocycles. The van der Waals surface area contributed by atoms with Crippen LogP contribution in [0.3, 0.4) is 0 Å². The molecule has 0 bridgehead atoms. The van der Waals surface area contributed by atoms with Crippen molar-refractivity contribution in [3.8, 4) is 0 Å². The predicted octanol–water partition coefficient (Wildman–Crippen LogP) is 1.91. The molecule has 2 rings (SSSR count). The van der Waals surface area contributed by atoms with Gasteiger partial charge in [0.1, 0.15) is 0 Å². The number of halogens is 3. The standard InChI is InChI=1S/C14H12F3N4O2/c15-14(16,17)9-3-1-2-8(11(9)12(18)23)4-5-10(22)21-13-19-6-7-20-13/h1-3,5-7H,4H2,(H2,18,23)(H2,19,20,21,22). The minimum absolute atomic E-state index is 0.0157. The van der Waals surface area contributed by atoms with Crippen LogP contribution in [0.4, 0.5) is 19.1 Å². The molecule has 121 valence electrons. The van der Waals surface area contributed by atoms with Gasteiger partial charge in [-0.1, -0.05) is 12.1 Å². The second-order valence-corrected chi connectivity index (χ2v) is 4.54. The Balaban J connectivity index is 2.16. The van der Waals surface area contributed by atoms with Gasteiger partial charge in [0.25, 0.3) is 0 Å². The molecule has 0 unspecified atom stereocenters. The molecule has 1 heterocycles. The van der Waals surface area contributed by atoms with Crippen molar-refractivity contribution in [3.63, 3.8) is 0 Å². The number of amides is 2. The first-order chi connectivity index (χ1) is 10.8. The summed E-state index contributed by atoms with van der Waals surface area (Å²) in [6.07, 6.45) is -0.878. The average molecular weight is 325 g/mol. The van der Waals surface area contributed by atoms with Gasteiger partial charge >= 0.3 is 6.18 Å². The van der Waals surface area contributed by atoms with Crippen LogP contribution in [0.2, 0.25) is 0 Å². The lowest BCUT2D eigenvalue weighted by Crippen LogP contribution is -2.22. The minimum atomic E-state index is -4.71. The van der Waals surface area contributed by atoms with E-state index in [1.165, 1.54) is 18.5 Å². The highest BCUT2D eigenvalue weighted by atomic mass is 19.4. The van der Waals surface area contributed by atoms with Crippen molar-refractivity contribution in [2.75, 3.05) is 5.32 Å². The van der Waals surface area contributed by atoms with Gasteiger partial charge in [-0.15, -0.1) is 0 Å². The van der Waals surface area contributed by atoms with E-state index >= 15 is 0 Å². The third-order valence-electron chi connectivity index (χ3n) is 2.95. The molecule has 1 radical (unpaired) electrons. The van der Waals surface area contributed by atoms with E-state index in [-0.39, 0.29) is 17.9 Å². The Morgan fingerprint density at radius 1 is 1.35 bits per heavy atom. The van der Waals surface area contributed by atoms with Gasteiger partial charge in [-0.3, -0.25) is 14.9 Å². The molecule has 4 N–H and O–H groups in total. The SMILES string of the molecule is NC(=O)c1c(C[CH]C(=O)Nc2ncc[nH]2)cccc1C(F)(F)F. The molecule has 0 aliphatic carbocycles. The number of hydrogen-bond acceptors (Lipinski definition) is 3. The molecule has 6 nitrogen and oxygen atoms in total. The molecule has 0 spiro atoms. The number of benzene rings is 1. The lowest BCUT2D eigenvalue weighted by atomic mass is 9.96. The Bertz CT molecular complexity index is 711. The molecule has 0 fully saturated rings. The summed E-state index contributed by atoms with van der Waals surface area (Å²) < 4.78 is 38.8. The number of anilines is 1. The summed E-state index contributed by atoms with van der Waals surface area (Å²) in [6, 6.07) is 3.24. The molecule has 23 heavy (non-hydrogen) atoms. The first-order valence-corrected chi connectivity index (χ1v) is 6.41. The molecule has 2 amide bonds. The second kappa shape index (κ2) is 6.51. The van der Waals surface area contributed by atoms with Crippen LogP contribution in [-0.2, 0) is 17.4 Å². The zero-order chi connectivity index (χ0) is 17.0. The number of aromatic amines is 1. The van der Waals surface area contributed by atoms with E-state index in [0.29, 0.717) is 0 Å². The lowest BCUT2D eigenvalue weighted by Gasteiger charge is -2.14. The minimum Gasteiger partial charge on any atom is -0.366 e. The molecule has 1 aromatic heterocycles. The van der Waals surface area contributed by atoms with Gasteiger partial charge in [0.15, 0.2) is 0 Å². The first-order valence-electron chi connectivity index (χ1n) is 6.41. The summed E-state index contributed by atoms with van der Waals surface area (Å²) >= 11 is 0. The Labute approximate surface area is 128 Å². The van der Waals surface area contributed by atoms with E-state index in [9.17, 15) is 22.8 Å². The van der Waals surface area contributed by atoms with Gasteiger partial charge in [0.2, 0.25) is 17.8 Å². The normalized spacial score (nSPS) is 11.3. The van der Waals surface area contributed by atoms with Gasteiger partial charge in [0, 0.05) is 12.4 Å². The highest BCUT2D eigenvalue weighted by Crippen LogP contribution is 2.33. The Morgan fingerprint density at radius 2 is 2.09 bits per heavy atom. The lowest BCUT2D eigenvalue weighted by molar-refractivity contribution is -0.138. The Morgan fingerprint density at radius 3 is 2.65 bits per heavy atom. The predicted molar refractivity (Wildman–Crippen MR) is 75.2 cm³/mol. The quantitative estimate of drug-likeness (QED) is 0.782. The van der Waals surface area contributed by atoms with E-state index in [1.54, 1.807) is 0 Å². The number of primary amides is 1. The molecule has 9 heteroatoms. The number of nitrogens with zero attached hydrogens (tertiary/aromatic N) is 1. The maximum Gasteiger partial charge on any atom is 0.417 e. The summed E-state index contributed by atoms with van der Waals surface area (Å²) in [5.74, 6) is -1.58. The molecule has 2 aromatic rings. The van der Waals surface area contributed by atoms with Crippen LogP contribution in [0.5, 0.6) is 0 Å². The average Bonchev–Trinajstić information content (AvgIpc) is 2.96. The number of hydrogen-bond donors (Lipinski definition) is 3. The Hall–Kier alpha value is -2.84. The van der Waals surface area contributed by atoms with Crippen molar-refractivity contribution in [2.24, 2.45) is 5.73 Å². The largest absolute Gasteiger partial charge is 0.417 e. The fraction of sp³-hybridized carbons (Fsp3) is 0.143. The van der Waals surface area contributed by atoms with Crippen LogP contribution < -0.4 is 11.1 Å². The number of H-pyrrole nitrogens is 1. The fourth-order valence-corrected chi connectivity index (χ4v) is 2.00. The van der Waals surface area contributed by atoms with Crippen LogP contribution in [0, 0.1) is 6.42 Å². The van der Waals surface area contributed by atoms with Crippen LogP contribution in [-0.4, -0.2) is 21.8 Å². The molecule has 1 aromatic carbocycles. The monoisotopic (exact) mass is 325 g/mol. The zero-order valence-corrected chi connectivity index (χ0v) is 11.6. The summed E-state index contributed by atoms with van der Waals surface area (Å²) in [6.45, 7) is 0. The van der Waals surface area contributed by atoms with Crippen molar-refractivity contribution in [3.05, 3.63) is 53.7 Å². The van der Waals surface area contributed by atoms with Gasteiger partial charge < -0.3 is 10.7 Å². The fourth-order valence-electron chi connectivity index (χ4n) is 2.00. The van der Waals surface area contributed by atoms with Crippen molar-refractivity contribution in [1.82, 2.24) is 9.97 Å². The van der Waals surface area contributed by atoms with Gasteiger partial charge in [-0.2, -0.15) is 13.2 Å². The Kier molecular flexibility index (Phi) is 4.68. The molecular formula is C14H12F3N4O2. The molecule has 0 aliphatic heterocycles. The van der Waals surface area contributed by atoms with Crippen molar-refractivity contribution >= 4 is 17.8 Å². The van der Waals surface area contributed by atoms with Gasteiger partial charge in [0.05, 0.1) is 17.5 Å². The summed E-state index contributed by atoms with van der Waals surface area (Å²) in [7, 11) is 0. The number of rotatable bonds is 5. The summed E-state index contributed by atoms with van der Waals surface area (Å²) in [4.78, 5) is 29.5. The molecule has 0 aliphatic rings. The number of carbonyl (C=O) groups excluding carboxylic acids is 2. The topological polar surface area (TPSA) is 101 Å². The van der Waals surface area contributed by atoms with E-state index in [4.69, 9.17) is 5.73 Å². The van der Waals surface area contributed by atoms with Crippen molar-refractivity contribution in [2.45, 2.75) is 12.6 Å². The van der Waals surface area contributed by atoms with Crippen LogP contribution in [0.1, 0.15) is 21.5 Å². The van der Waals surface area contributed by atoms with Crippen molar-refractivity contribution < 1.29 is 22.8 Å². The number of nitrogens with one attached hydrogen (secondary N) is 2. The van der Waals surface area contributed by atoms with E-state index in [2.05, 4.69) is 15.3 Å². The summed E-state index contributed by atoms with van der Waals surface area (Å²) in [5, 5.41) is 2.39. The summed E-state index contributed by atoms with van der Waals surface area (Å²) in [5.41, 5.74) is 3.32. The van der Waals surface area contributed by atoms with Crippen LogP contribution >= 0.6 is 0 Å².